The number of hydrogen-bond donors (Lipinski definition) is 3. The van der Waals surface area contributed by atoms with Gasteiger partial charge in [0.15, 0.2) is 0 Å². The van der Waals surface area contributed by atoms with Crippen LogP contribution in [-0.4, -0.2) is 12.1 Å². The molecule has 0 saturated heterocycles. The van der Waals surface area contributed by atoms with Crippen molar-refractivity contribution in [1.82, 2.24) is 5.32 Å². The summed E-state index contributed by atoms with van der Waals surface area (Å²) >= 11 is 0. The predicted molar refractivity (Wildman–Crippen MR) is 97.6 cm³/mol. The van der Waals surface area contributed by atoms with Gasteiger partial charge in [0.05, 0.1) is 0 Å². The van der Waals surface area contributed by atoms with Gasteiger partial charge in [-0.1, -0.05) is 57.8 Å². The number of amides is 2. The van der Waals surface area contributed by atoms with Crippen molar-refractivity contribution in [2.24, 2.45) is 0 Å². The lowest BCUT2D eigenvalue weighted by atomic mass is 9.98. The van der Waals surface area contributed by atoms with E-state index >= 15 is 0 Å². The number of carbonyl (C=O) groups is 1. The van der Waals surface area contributed by atoms with Crippen LogP contribution in [0.25, 0.3) is 0 Å². The molecular weight excluding hydrogens is 286 g/mol. The van der Waals surface area contributed by atoms with E-state index in [2.05, 4.69) is 10.6 Å². The summed E-state index contributed by atoms with van der Waals surface area (Å²) in [6, 6.07) is 7.44. The van der Waals surface area contributed by atoms with E-state index in [1.807, 2.05) is 12.1 Å². The minimum absolute atomic E-state index is 0.105. The van der Waals surface area contributed by atoms with Crippen molar-refractivity contribution in [2.75, 3.05) is 11.1 Å². The van der Waals surface area contributed by atoms with Crippen LogP contribution in [0.3, 0.4) is 0 Å². The lowest BCUT2D eigenvalue weighted by molar-refractivity contribution is 0.246. The summed E-state index contributed by atoms with van der Waals surface area (Å²) in [5.41, 5.74) is 7.15. The van der Waals surface area contributed by atoms with E-state index in [0.29, 0.717) is 11.7 Å². The van der Waals surface area contributed by atoms with Gasteiger partial charge in [-0.3, -0.25) is 0 Å². The van der Waals surface area contributed by atoms with Crippen LogP contribution < -0.4 is 16.4 Å². The Morgan fingerprint density at radius 1 is 0.826 bits per heavy atom. The highest BCUT2D eigenvalue weighted by atomic mass is 16.2. The first-order chi connectivity index (χ1) is 11.2. The quantitative estimate of drug-likeness (QED) is 0.667. The highest BCUT2D eigenvalue weighted by Gasteiger charge is 2.12. The summed E-state index contributed by atoms with van der Waals surface area (Å²) in [4.78, 5) is 12.2. The molecule has 23 heavy (non-hydrogen) atoms. The maximum absolute atomic E-state index is 12.2. The second-order valence-corrected chi connectivity index (χ2v) is 6.68. The Morgan fingerprint density at radius 2 is 1.30 bits per heavy atom. The maximum Gasteiger partial charge on any atom is 0.319 e. The Balaban J connectivity index is 1.79. The largest absolute Gasteiger partial charge is 0.399 e. The van der Waals surface area contributed by atoms with Crippen molar-refractivity contribution in [3.8, 4) is 0 Å². The molecule has 2 rings (SSSR count). The normalized spacial score (nSPS) is 18.4. The van der Waals surface area contributed by atoms with Crippen LogP contribution in [0.4, 0.5) is 16.2 Å². The van der Waals surface area contributed by atoms with Crippen LogP contribution in [-0.2, 0) is 0 Å². The summed E-state index contributed by atoms with van der Waals surface area (Å²) in [5, 5.41) is 6.05. The van der Waals surface area contributed by atoms with Crippen LogP contribution in [0, 0.1) is 0 Å². The number of hydrogen-bond acceptors (Lipinski definition) is 2. The van der Waals surface area contributed by atoms with Crippen molar-refractivity contribution in [2.45, 2.75) is 76.7 Å². The van der Waals surface area contributed by atoms with Gasteiger partial charge in [-0.15, -0.1) is 0 Å². The maximum atomic E-state index is 12.2. The SMILES string of the molecule is Nc1ccc(NC(=O)NC2CCCCCCCCCCC2)cc1. The zero-order valence-corrected chi connectivity index (χ0v) is 14.2. The van der Waals surface area contributed by atoms with E-state index < -0.39 is 0 Å². The Kier molecular flexibility index (Phi) is 7.78. The lowest BCUT2D eigenvalue weighted by Crippen LogP contribution is -2.38. The molecule has 4 N–H and O–H groups in total. The standard InChI is InChI=1S/C19H31N3O/c20-16-12-14-18(15-13-16)22-19(23)21-17-10-8-6-4-2-1-3-5-7-9-11-17/h12-15,17H,1-11,20H2,(H2,21,22,23). The molecule has 1 aromatic carbocycles. The molecule has 0 spiro atoms. The second kappa shape index (κ2) is 10.1. The molecule has 4 heteroatoms. The fourth-order valence-electron chi connectivity index (χ4n) is 3.23. The molecule has 0 heterocycles. The zero-order valence-electron chi connectivity index (χ0n) is 14.2. The molecule has 4 nitrogen and oxygen atoms in total. The first-order valence-electron chi connectivity index (χ1n) is 9.17. The number of carbonyl (C=O) groups excluding carboxylic acids is 1. The van der Waals surface area contributed by atoms with Crippen molar-refractivity contribution in [3.63, 3.8) is 0 Å². The van der Waals surface area contributed by atoms with Gasteiger partial charge in [-0.2, -0.15) is 0 Å². The van der Waals surface area contributed by atoms with Gasteiger partial charge in [0.25, 0.3) is 0 Å². The Bertz CT molecular complexity index is 446. The van der Waals surface area contributed by atoms with Crippen molar-refractivity contribution >= 4 is 17.4 Å². The van der Waals surface area contributed by atoms with Gasteiger partial charge < -0.3 is 16.4 Å². The minimum Gasteiger partial charge on any atom is -0.399 e. The van der Waals surface area contributed by atoms with E-state index in [9.17, 15) is 4.79 Å². The third-order valence-corrected chi connectivity index (χ3v) is 4.61. The van der Waals surface area contributed by atoms with Crippen LogP contribution in [0.5, 0.6) is 0 Å². The Hall–Kier alpha value is -1.71. The van der Waals surface area contributed by atoms with Gasteiger partial charge in [-0.25, -0.2) is 4.79 Å². The van der Waals surface area contributed by atoms with Crippen LogP contribution in [0.1, 0.15) is 70.6 Å². The number of nitrogens with one attached hydrogen (secondary N) is 2. The van der Waals surface area contributed by atoms with E-state index in [0.717, 1.165) is 18.5 Å². The Labute approximate surface area is 140 Å². The molecule has 1 aliphatic rings. The number of urea groups is 1. The molecule has 0 bridgehead atoms. The molecule has 1 aromatic rings. The molecule has 2 amide bonds. The van der Waals surface area contributed by atoms with Crippen LogP contribution >= 0.6 is 0 Å². The summed E-state index contributed by atoms with van der Waals surface area (Å²) in [6.07, 6.45) is 14.0. The monoisotopic (exact) mass is 317 g/mol. The zero-order chi connectivity index (χ0) is 16.3. The Morgan fingerprint density at radius 3 is 1.83 bits per heavy atom. The highest BCUT2D eigenvalue weighted by molar-refractivity contribution is 5.89. The number of nitrogens with two attached hydrogens (primary N) is 1. The average molecular weight is 317 g/mol. The van der Waals surface area contributed by atoms with E-state index in [-0.39, 0.29) is 6.03 Å². The smallest absolute Gasteiger partial charge is 0.319 e. The summed E-state index contributed by atoms with van der Waals surface area (Å²) < 4.78 is 0. The summed E-state index contributed by atoms with van der Waals surface area (Å²) in [6.45, 7) is 0. The number of rotatable bonds is 2. The van der Waals surface area contributed by atoms with E-state index in [1.54, 1.807) is 12.1 Å². The van der Waals surface area contributed by atoms with Gasteiger partial charge in [-0.05, 0) is 37.1 Å². The van der Waals surface area contributed by atoms with Crippen molar-refractivity contribution in [1.29, 1.82) is 0 Å². The van der Waals surface area contributed by atoms with Crippen molar-refractivity contribution in [3.05, 3.63) is 24.3 Å². The third kappa shape index (κ3) is 7.40. The van der Waals surface area contributed by atoms with Gasteiger partial charge in [0, 0.05) is 17.4 Å². The number of benzene rings is 1. The van der Waals surface area contributed by atoms with E-state index in [4.69, 9.17) is 5.73 Å². The predicted octanol–water partition coefficient (Wildman–Crippen LogP) is 5.06. The number of anilines is 2. The first kappa shape index (κ1) is 17.6. The average Bonchev–Trinajstić information content (AvgIpc) is 2.52. The first-order valence-corrected chi connectivity index (χ1v) is 9.17. The molecule has 128 valence electrons. The van der Waals surface area contributed by atoms with Crippen molar-refractivity contribution < 1.29 is 4.79 Å². The molecule has 1 aliphatic carbocycles. The molecule has 0 aromatic heterocycles. The van der Waals surface area contributed by atoms with Gasteiger partial charge in [0.1, 0.15) is 0 Å². The topological polar surface area (TPSA) is 67.1 Å². The molecule has 1 saturated carbocycles. The van der Waals surface area contributed by atoms with Gasteiger partial charge in [0.2, 0.25) is 0 Å². The second-order valence-electron chi connectivity index (χ2n) is 6.68. The highest BCUT2D eigenvalue weighted by Crippen LogP contribution is 2.17. The minimum atomic E-state index is -0.105. The van der Waals surface area contributed by atoms with Crippen LogP contribution in [0.15, 0.2) is 24.3 Å². The molecular formula is C19H31N3O. The third-order valence-electron chi connectivity index (χ3n) is 4.61. The van der Waals surface area contributed by atoms with Gasteiger partial charge >= 0.3 is 6.03 Å². The molecule has 0 atom stereocenters. The summed E-state index contributed by atoms with van der Waals surface area (Å²) in [7, 11) is 0. The molecule has 0 aliphatic heterocycles. The van der Waals surface area contributed by atoms with Crippen LogP contribution in [0.2, 0.25) is 0 Å². The number of nitrogen functional groups attached to an aromatic ring is 1. The fourth-order valence-corrected chi connectivity index (χ4v) is 3.23. The molecule has 1 fully saturated rings. The molecule has 0 unspecified atom stereocenters. The summed E-state index contributed by atoms with van der Waals surface area (Å²) in [5.74, 6) is 0. The molecule has 0 radical (unpaired) electrons. The fraction of sp³-hybridized carbons (Fsp3) is 0.632. The van der Waals surface area contributed by atoms with E-state index in [1.165, 1.54) is 57.8 Å². The lowest BCUT2D eigenvalue weighted by Gasteiger charge is -2.20.